The summed E-state index contributed by atoms with van der Waals surface area (Å²) in [4.78, 5) is 14.6. The van der Waals surface area contributed by atoms with E-state index in [-0.39, 0.29) is 17.0 Å². The number of H-pyrrole nitrogens is 1. The highest BCUT2D eigenvalue weighted by atomic mass is 79.9. The average Bonchev–Trinajstić information content (AvgIpc) is 2.56. The number of azo groups is 1. The Morgan fingerprint density at radius 3 is 2.35 bits per heavy atom. The molecule has 26 heavy (non-hydrogen) atoms. The van der Waals surface area contributed by atoms with Crippen LogP contribution < -0.4 is 5.56 Å². The number of benzene rings is 2. The van der Waals surface area contributed by atoms with Gasteiger partial charge in [-0.2, -0.15) is 5.26 Å². The molecule has 1 heterocycles. The largest absolute Gasteiger partial charge is 0.506 e. The molecule has 0 aliphatic carbocycles. The van der Waals surface area contributed by atoms with Crippen molar-refractivity contribution < 1.29 is 5.11 Å². The summed E-state index contributed by atoms with van der Waals surface area (Å²) in [5.41, 5.74) is 3.26. The maximum atomic E-state index is 12.0. The molecular weight excluding hydrogens is 396 g/mol. The van der Waals surface area contributed by atoms with Crippen molar-refractivity contribution in [3.8, 4) is 11.8 Å². The number of hydrogen-bond donors (Lipinski definition) is 2. The van der Waals surface area contributed by atoms with Gasteiger partial charge in [0.15, 0.2) is 0 Å². The summed E-state index contributed by atoms with van der Waals surface area (Å²) in [5.74, 6) is -0.0762. The number of phenols is 1. The maximum absolute atomic E-state index is 12.0. The van der Waals surface area contributed by atoms with Crippen LogP contribution in [0.2, 0.25) is 0 Å². The highest BCUT2D eigenvalue weighted by Gasteiger charge is 2.15. The molecule has 0 aliphatic heterocycles. The highest BCUT2D eigenvalue weighted by Crippen LogP contribution is 2.38. The molecule has 0 atom stereocenters. The van der Waals surface area contributed by atoms with Crippen LogP contribution in [0.3, 0.4) is 0 Å². The van der Waals surface area contributed by atoms with Crippen molar-refractivity contribution in [3.63, 3.8) is 0 Å². The highest BCUT2D eigenvalue weighted by molar-refractivity contribution is 9.10. The predicted molar refractivity (Wildman–Crippen MR) is 103 cm³/mol. The smallest absolute Gasteiger partial charge is 0.266 e. The average molecular weight is 411 g/mol. The van der Waals surface area contributed by atoms with Gasteiger partial charge in [-0.3, -0.25) is 4.79 Å². The number of aromatic nitrogens is 1. The lowest BCUT2D eigenvalue weighted by molar-refractivity contribution is 0.477. The van der Waals surface area contributed by atoms with Gasteiger partial charge in [0.05, 0.1) is 11.2 Å². The first-order valence-electron chi connectivity index (χ1n) is 7.80. The van der Waals surface area contributed by atoms with Gasteiger partial charge in [-0.05, 0) is 61.7 Å². The zero-order valence-corrected chi connectivity index (χ0v) is 16.0. The summed E-state index contributed by atoms with van der Waals surface area (Å²) >= 11 is 3.44. The van der Waals surface area contributed by atoms with E-state index in [1.807, 2.05) is 32.0 Å². The standard InChI is InChI=1S/C19H15BrN4O2/c1-9-6-12(20)7-10(2)17(9)23-24-18-15(25)5-4-14-16(18)11(3)13(8-21)19(26)22-14/h4-7,25H,1-3H3,(H,22,26). The molecule has 0 amide bonds. The van der Waals surface area contributed by atoms with Crippen molar-refractivity contribution in [1.82, 2.24) is 4.98 Å². The molecular formula is C19H15BrN4O2. The Kier molecular flexibility index (Phi) is 4.62. The second-order valence-corrected chi connectivity index (χ2v) is 6.93. The van der Waals surface area contributed by atoms with E-state index in [1.165, 1.54) is 6.07 Å². The fourth-order valence-electron chi connectivity index (χ4n) is 2.94. The zero-order chi connectivity index (χ0) is 19.0. The van der Waals surface area contributed by atoms with Gasteiger partial charge in [-0.1, -0.05) is 15.9 Å². The predicted octanol–water partition coefficient (Wildman–Crippen LogP) is 5.21. The van der Waals surface area contributed by atoms with Crippen molar-refractivity contribution in [2.75, 3.05) is 0 Å². The van der Waals surface area contributed by atoms with Crippen molar-refractivity contribution in [2.45, 2.75) is 20.8 Å². The normalized spacial score (nSPS) is 11.2. The topological polar surface area (TPSA) is 102 Å². The molecule has 2 N–H and O–H groups in total. The first-order chi connectivity index (χ1) is 12.3. The van der Waals surface area contributed by atoms with Gasteiger partial charge in [0.1, 0.15) is 23.1 Å². The molecule has 0 aliphatic rings. The Morgan fingerprint density at radius 2 is 1.73 bits per heavy atom. The Bertz CT molecular complexity index is 1150. The number of hydrogen-bond acceptors (Lipinski definition) is 5. The van der Waals surface area contributed by atoms with E-state index in [0.717, 1.165) is 15.6 Å². The van der Waals surface area contributed by atoms with Gasteiger partial charge in [0.2, 0.25) is 0 Å². The molecule has 0 saturated heterocycles. The molecule has 0 spiro atoms. The summed E-state index contributed by atoms with van der Waals surface area (Å²) < 4.78 is 0.950. The molecule has 0 saturated carbocycles. The van der Waals surface area contributed by atoms with Gasteiger partial charge in [0, 0.05) is 9.86 Å². The molecule has 2 aromatic carbocycles. The van der Waals surface area contributed by atoms with Crippen LogP contribution in [0.5, 0.6) is 5.75 Å². The molecule has 0 unspecified atom stereocenters. The Hall–Kier alpha value is -2.98. The number of aryl methyl sites for hydroxylation is 3. The number of nitriles is 1. The SMILES string of the molecule is Cc1cc(Br)cc(C)c1N=Nc1c(O)ccc2[nH]c(=O)c(C#N)c(C)c12. The third-order valence-corrected chi connectivity index (χ3v) is 4.66. The quantitative estimate of drug-likeness (QED) is 0.566. The number of fused-ring (bicyclic) bond motifs is 1. The third-order valence-electron chi connectivity index (χ3n) is 4.20. The van der Waals surface area contributed by atoms with Crippen LogP contribution in [0.1, 0.15) is 22.3 Å². The van der Waals surface area contributed by atoms with Crippen molar-refractivity contribution in [2.24, 2.45) is 10.2 Å². The second-order valence-electron chi connectivity index (χ2n) is 6.01. The molecule has 0 bridgehead atoms. The van der Waals surface area contributed by atoms with Crippen LogP contribution in [0.4, 0.5) is 11.4 Å². The lowest BCUT2D eigenvalue weighted by Gasteiger charge is -2.09. The molecule has 7 heteroatoms. The summed E-state index contributed by atoms with van der Waals surface area (Å²) in [6.45, 7) is 5.50. The number of rotatable bonds is 2. The van der Waals surface area contributed by atoms with E-state index in [1.54, 1.807) is 13.0 Å². The van der Waals surface area contributed by atoms with Gasteiger partial charge < -0.3 is 10.1 Å². The minimum absolute atomic E-state index is 0.00412. The Morgan fingerprint density at radius 1 is 1.12 bits per heavy atom. The summed E-state index contributed by atoms with van der Waals surface area (Å²) in [6, 6.07) is 8.78. The molecule has 3 rings (SSSR count). The number of nitrogens with zero attached hydrogens (tertiary/aromatic N) is 3. The zero-order valence-electron chi connectivity index (χ0n) is 14.4. The van der Waals surface area contributed by atoms with E-state index in [0.29, 0.717) is 22.2 Å². The van der Waals surface area contributed by atoms with Gasteiger partial charge in [0.25, 0.3) is 5.56 Å². The summed E-state index contributed by atoms with van der Waals surface area (Å²) in [7, 11) is 0. The first-order valence-corrected chi connectivity index (χ1v) is 8.60. The lowest BCUT2D eigenvalue weighted by Crippen LogP contribution is -2.12. The van der Waals surface area contributed by atoms with Crippen molar-refractivity contribution >= 4 is 38.2 Å². The van der Waals surface area contributed by atoms with Crippen LogP contribution in [0.25, 0.3) is 10.9 Å². The number of aromatic amines is 1. The van der Waals surface area contributed by atoms with E-state index < -0.39 is 5.56 Å². The van der Waals surface area contributed by atoms with E-state index in [4.69, 9.17) is 0 Å². The van der Waals surface area contributed by atoms with Gasteiger partial charge >= 0.3 is 0 Å². The van der Waals surface area contributed by atoms with Crippen LogP contribution in [0, 0.1) is 32.1 Å². The number of nitrogens with one attached hydrogen (secondary N) is 1. The fraction of sp³-hybridized carbons (Fsp3) is 0.158. The Balaban J connectivity index is 2.28. The minimum atomic E-state index is -0.467. The molecule has 130 valence electrons. The Labute approximate surface area is 158 Å². The summed E-state index contributed by atoms with van der Waals surface area (Å²) in [5, 5.41) is 28.6. The van der Waals surface area contributed by atoms with Gasteiger partial charge in [-0.25, -0.2) is 0 Å². The lowest BCUT2D eigenvalue weighted by atomic mass is 10.0. The van der Waals surface area contributed by atoms with Crippen molar-refractivity contribution in [1.29, 1.82) is 5.26 Å². The number of halogens is 1. The van der Waals surface area contributed by atoms with Crippen LogP contribution >= 0.6 is 15.9 Å². The van der Waals surface area contributed by atoms with Crippen molar-refractivity contribution in [3.05, 3.63) is 61.3 Å². The molecule has 1 aromatic heterocycles. The monoisotopic (exact) mass is 410 g/mol. The fourth-order valence-corrected chi connectivity index (χ4v) is 3.63. The number of pyridine rings is 1. The second kappa shape index (κ2) is 6.73. The minimum Gasteiger partial charge on any atom is -0.506 e. The van der Waals surface area contributed by atoms with E-state index in [2.05, 4.69) is 31.1 Å². The van der Waals surface area contributed by atoms with Crippen LogP contribution in [0.15, 0.2) is 43.8 Å². The molecule has 0 fully saturated rings. The third kappa shape index (κ3) is 3.00. The van der Waals surface area contributed by atoms with E-state index >= 15 is 0 Å². The maximum Gasteiger partial charge on any atom is 0.266 e. The molecule has 3 aromatic rings. The molecule has 0 radical (unpaired) electrons. The number of phenolic OH excluding ortho intramolecular Hbond substituents is 1. The number of aromatic hydroxyl groups is 1. The van der Waals surface area contributed by atoms with Crippen LogP contribution in [-0.4, -0.2) is 10.1 Å². The summed E-state index contributed by atoms with van der Waals surface area (Å²) in [6.07, 6.45) is 0. The first kappa shape index (κ1) is 17.8. The van der Waals surface area contributed by atoms with Crippen LogP contribution in [-0.2, 0) is 0 Å². The van der Waals surface area contributed by atoms with Gasteiger partial charge in [-0.15, -0.1) is 10.2 Å². The molecule has 6 nitrogen and oxygen atoms in total. The van der Waals surface area contributed by atoms with E-state index in [9.17, 15) is 15.2 Å².